The molecule has 2 fully saturated rings. The number of anilines is 1. The van der Waals surface area contributed by atoms with Crippen LogP contribution in [-0.2, 0) is 49.7 Å². The molecule has 12 atom stereocenters. The summed E-state index contributed by atoms with van der Waals surface area (Å²) >= 11 is 0. The van der Waals surface area contributed by atoms with Gasteiger partial charge in [-0.3, -0.25) is 32.5 Å². The Morgan fingerprint density at radius 1 is 0.824 bits per heavy atom. The van der Waals surface area contributed by atoms with Crippen LogP contribution >= 0.6 is 31.3 Å². The number of hydrogen-bond acceptors (Lipinski definition) is 22. The van der Waals surface area contributed by atoms with E-state index in [1.165, 1.54) is 0 Å². The normalized spacial score (nSPS) is 31.5. The minimum atomic E-state index is -6.30. The molecule has 0 aliphatic carbocycles. The standard InChI is InChI=1S/C19H27N7O21P4/c20-15-10-16(22-5-21-15)26(6-23-10)18-14(31)12(29)8(44-18)4-42-51(40,45-48(33,34)35)47-50(38,39)46-49(36,37)41-3-7-11(28)13(30)17(43-7)25-2-1-9(27)24-19(25)32/h1-2,5-8,11-14,17-18,28-31H,3-4H2,(H,36,37)(H,38,39)(H2,20,21,22)(H,24,27,32)(H2,33,34,35)/p-1/t7-,8-,11-,12-,13-,14-,17-,18-,51?/m1/s1. The van der Waals surface area contributed by atoms with Gasteiger partial charge in [0.05, 0.1) is 19.5 Å². The van der Waals surface area contributed by atoms with E-state index in [1.807, 2.05) is 4.98 Å². The van der Waals surface area contributed by atoms with Crippen LogP contribution in [0.2, 0.25) is 0 Å². The number of ether oxygens (including phenoxy) is 2. The van der Waals surface area contributed by atoms with Gasteiger partial charge in [-0.15, -0.1) is 0 Å². The first kappa shape index (κ1) is 39.6. The number of nitrogens with one attached hydrogen (secondary N) is 1. The van der Waals surface area contributed by atoms with Crippen molar-refractivity contribution >= 4 is 48.3 Å². The Labute approximate surface area is 281 Å². The number of nitrogens with two attached hydrogens (primary N) is 1. The van der Waals surface area contributed by atoms with Gasteiger partial charge in [-0.2, -0.15) is 8.62 Å². The lowest BCUT2D eigenvalue weighted by Crippen LogP contribution is -2.37. The lowest BCUT2D eigenvalue weighted by atomic mass is 10.1. The summed E-state index contributed by atoms with van der Waals surface area (Å²) in [5.41, 5.74) is 3.92. The molecule has 3 aromatic rings. The average molecular weight is 812 g/mol. The van der Waals surface area contributed by atoms with Crippen LogP contribution in [0.15, 0.2) is 34.5 Å². The lowest BCUT2D eigenvalue weighted by molar-refractivity contribution is -0.212. The van der Waals surface area contributed by atoms with E-state index in [-0.39, 0.29) is 17.0 Å². The van der Waals surface area contributed by atoms with Crippen LogP contribution in [0.25, 0.3) is 11.2 Å². The average Bonchev–Trinajstić information content (AvgIpc) is 3.64. The van der Waals surface area contributed by atoms with E-state index in [4.69, 9.17) is 20.1 Å². The Kier molecular flexibility index (Phi) is 11.4. The zero-order valence-electron chi connectivity index (χ0n) is 24.8. The van der Waals surface area contributed by atoms with Gasteiger partial charge in [-0.05, 0) is 0 Å². The van der Waals surface area contributed by atoms with Gasteiger partial charge in [0.25, 0.3) is 13.4 Å². The fraction of sp³-hybridized carbons (Fsp3) is 0.526. The van der Waals surface area contributed by atoms with Gasteiger partial charge >= 0.3 is 29.2 Å². The molecular formula is C19H26N7O21P4-. The SMILES string of the molecule is Nc1ncnc2c1ncn2[C@@H]1O[C@H](COP(=O)(OP(=O)([O-])O)OP(=O)(O)OP(=O)(O)OC[C@H]2O[C@@H](n3ccc(=O)[nH]c3=O)[C@H](O)[C@@H]2O)[C@@H](O)[C@H]1O. The fourth-order valence-electron chi connectivity index (χ4n) is 4.69. The van der Waals surface area contributed by atoms with E-state index in [1.54, 1.807) is 0 Å². The third kappa shape index (κ3) is 9.12. The molecule has 51 heavy (non-hydrogen) atoms. The summed E-state index contributed by atoms with van der Waals surface area (Å²) in [7, 11) is -24.5. The number of fused-ring (bicyclic) bond motifs is 1. The summed E-state index contributed by atoms with van der Waals surface area (Å²) in [5.74, 6) is -0.0565. The largest absolute Gasteiger partial charge is 0.756 e. The van der Waals surface area contributed by atoms with Crippen LogP contribution in [0.3, 0.4) is 0 Å². The highest BCUT2D eigenvalue weighted by Gasteiger charge is 2.50. The number of nitrogens with zero attached hydrogens (tertiary/aromatic N) is 5. The summed E-state index contributed by atoms with van der Waals surface area (Å²) in [4.78, 5) is 77.3. The fourth-order valence-corrected chi connectivity index (χ4v) is 9.76. The first-order valence-corrected chi connectivity index (χ1v) is 19.5. The minimum Gasteiger partial charge on any atom is -0.756 e. The van der Waals surface area contributed by atoms with Crippen molar-refractivity contribution in [2.45, 2.75) is 49.1 Å². The molecule has 5 heterocycles. The van der Waals surface area contributed by atoms with Gasteiger partial charge < -0.3 is 55.2 Å². The van der Waals surface area contributed by atoms with Crippen molar-refractivity contribution in [2.24, 2.45) is 0 Å². The number of imidazole rings is 1. The second kappa shape index (κ2) is 14.6. The second-order valence-electron chi connectivity index (χ2n) is 10.4. The molecule has 284 valence electrons. The third-order valence-corrected chi connectivity index (χ3v) is 12.7. The quantitative estimate of drug-likeness (QED) is 0.0701. The monoisotopic (exact) mass is 812 g/mol. The van der Waals surface area contributed by atoms with Crippen molar-refractivity contribution < 1.29 is 89.7 Å². The number of hydrogen-bond donors (Lipinski definition) is 9. The Morgan fingerprint density at radius 2 is 1.41 bits per heavy atom. The molecule has 0 saturated carbocycles. The van der Waals surface area contributed by atoms with E-state index in [0.29, 0.717) is 4.57 Å². The van der Waals surface area contributed by atoms with Crippen LogP contribution in [0.4, 0.5) is 5.82 Å². The van der Waals surface area contributed by atoms with E-state index in [9.17, 15) is 63.0 Å². The van der Waals surface area contributed by atoms with Gasteiger partial charge in [-0.25, -0.2) is 37.8 Å². The predicted molar refractivity (Wildman–Crippen MR) is 155 cm³/mol. The van der Waals surface area contributed by atoms with Crippen molar-refractivity contribution in [3.8, 4) is 0 Å². The van der Waals surface area contributed by atoms with Crippen LogP contribution in [0, 0.1) is 0 Å². The summed E-state index contributed by atoms with van der Waals surface area (Å²) in [5, 5.41) is 41.5. The number of phosphoric ester groups is 1. The number of H-pyrrole nitrogens is 1. The van der Waals surface area contributed by atoms with E-state index < -0.39 is 105 Å². The third-order valence-electron chi connectivity index (χ3n) is 6.87. The van der Waals surface area contributed by atoms with Crippen molar-refractivity contribution in [3.63, 3.8) is 0 Å². The summed E-state index contributed by atoms with van der Waals surface area (Å²) in [6.07, 6.45) is -11.2. The van der Waals surface area contributed by atoms with E-state index in [0.717, 1.165) is 29.5 Å². The molecule has 2 saturated heterocycles. The van der Waals surface area contributed by atoms with Crippen molar-refractivity contribution in [3.05, 3.63) is 45.8 Å². The van der Waals surface area contributed by atoms with Crippen molar-refractivity contribution in [1.29, 1.82) is 0 Å². The Hall–Kier alpha value is -2.65. The Bertz CT molecular complexity index is 2070. The molecule has 2 aliphatic heterocycles. The van der Waals surface area contributed by atoms with Crippen molar-refractivity contribution in [2.75, 3.05) is 18.9 Å². The predicted octanol–water partition coefficient (Wildman–Crippen LogP) is -3.95. The van der Waals surface area contributed by atoms with Gasteiger partial charge in [0.15, 0.2) is 23.9 Å². The minimum absolute atomic E-state index is 0.0218. The molecule has 0 radical (unpaired) electrons. The van der Waals surface area contributed by atoms with E-state index in [2.05, 4.69) is 36.9 Å². The van der Waals surface area contributed by atoms with Crippen LogP contribution in [0.1, 0.15) is 12.5 Å². The van der Waals surface area contributed by atoms with Gasteiger partial charge in [0.2, 0.25) is 0 Å². The Morgan fingerprint density at radius 3 is 2.00 bits per heavy atom. The first-order chi connectivity index (χ1) is 23.6. The zero-order chi connectivity index (χ0) is 37.7. The smallest absolute Gasteiger partial charge is 0.490 e. The van der Waals surface area contributed by atoms with E-state index >= 15 is 0 Å². The number of aliphatic hydroxyl groups excluding tert-OH is 4. The Balaban J connectivity index is 1.23. The second-order valence-corrected chi connectivity index (χ2v) is 16.6. The molecule has 2 aliphatic rings. The maximum atomic E-state index is 13.1. The first-order valence-electron chi connectivity index (χ1n) is 13.6. The number of rotatable bonds is 14. The molecule has 0 spiro atoms. The van der Waals surface area contributed by atoms with Gasteiger partial charge in [0, 0.05) is 12.3 Å². The van der Waals surface area contributed by atoms with Crippen molar-refractivity contribution in [1.82, 2.24) is 29.1 Å². The molecule has 5 rings (SSSR count). The number of aliphatic hydroxyl groups is 4. The summed E-state index contributed by atoms with van der Waals surface area (Å²) < 4.78 is 82.8. The molecule has 32 heteroatoms. The molecule has 10 N–H and O–H groups in total. The highest BCUT2D eigenvalue weighted by molar-refractivity contribution is 7.69. The number of phosphoric acid groups is 4. The molecule has 4 unspecified atom stereocenters. The van der Waals surface area contributed by atoms with Crippen LogP contribution in [-0.4, -0.2) is 114 Å². The maximum Gasteiger partial charge on any atom is 0.490 e. The maximum absolute atomic E-state index is 13.1. The zero-order valence-corrected chi connectivity index (χ0v) is 28.4. The summed E-state index contributed by atoms with van der Waals surface area (Å²) in [6, 6.07) is 0.871. The molecule has 28 nitrogen and oxygen atoms in total. The molecular weight excluding hydrogens is 786 g/mol. The number of aromatic amines is 1. The topological polar surface area (TPSA) is 422 Å². The van der Waals surface area contributed by atoms with Gasteiger partial charge in [-0.1, -0.05) is 0 Å². The molecule has 0 bridgehead atoms. The molecule has 0 amide bonds. The lowest BCUT2D eigenvalue weighted by Gasteiger charge is -2.26. The number of aromatic nitrogens is 6. The molecule has 3 aromatic heterocycles. The van der Waals surface area contributed by atoms with Crippen LogP contribution < -0.4 is 21.9 Å². The number of nitrogen functional groups attached to an aromatic ring is 1. The highest BCUT2D eigenvalue weighted by atomic mass is 31.3. The van der Waals surface area contributed by atoms with Crippen LogP contribution in [0.5, 0.6) is 0 Å². The summed E-state index contributed by atoms with van der Waals surface area (Å²) in [6.45, 7) is -2.51. The molecule has 0 aromatic carbocycles. The van der Waals surface area contributed by atoms with Gasteiger partial charge in [0.1, 0.15) is 48.5 Å². The highest BCUT2D eigenvalue weighted by Crippen LogP contribution is 2.72.